The van der Waals surface area contributed by atoms with Gasteiger partial charge in [-0.3, -0.25) is 0 Å². The maximum Gasteiger partial charge on any atom is 0.138 e. The van der Waals surface area contributed by atoms with Crippen molar-refractivity contribution in [2.45, 2.75) is 20.0 Å². The third-order valence-corrected chi connectivity index (χ3v) is 4.85. The summed E-state index contributed by atoms with van der Waals surface area (Å²) in [6.07, 6.45) is -0.770. The molecule has 19 heavy (non-hydrogen) atoms. The van der Waals surface area contributed by atoms with Gasteiger partial charge in [-0.25, -0.2) is 0 Å². The summed E-state index contributed by atoms with van der Waals surface area (Å²) in [4.78, 5) is 2.04. The van der Waals surface area contributed by atoms with E-state index in [0.717, 1.165) is 10.4 Å². The molecule has 0 bridgehead atoms. The third-order valence-electron chi connectivity index (χ3n) is 3.02. The molecule has 1 unspecified atom stereocenters. The lowest BCUT2D eigenvalue weighted by Gasteiger charge is -2.13. The molecule has 0 aliphatic carbocycles. The van der Waals surface area contributed by atoms with Crippen LogP contribution in [0.15, 0.2) is 18.2 Å². The van der Waals surface area contributed by atoms with Crippen molar-refractivity contribution in [3.63, 3.8) is 0 Å². The van der Waals surface area contributed by atoms with Gasteiger partial charge in [0, 0.05) is 21.4 Å². The van der Waals surface area contributed by atoms with Gasteiger partial charge < -0.3 is 9.84 Å². The van der Waals surface area contributed by atoms with Crippen LogP contribution in [0, 0.1) is 13.8 Å². The van der Waals surface area contributed by atoms with Crippen molar-refractivity contribution in [1.29, 1.82) is 0 Å². The van der Waals surface area contributed by atoms with Crippen LogP contribution in [0.3, 0.4) is 0 Å². The molecule has 102 valence electrons. The molecule has 0 spiro atoms. The van der Waals surface area contributed by atoms with E-state index in [0.29, 0.717) is 21.4 Å². The maximum atomic E-state index is 10.4. The molecule has 0 amide bonds. The predicted molar refractivity (Wildman–Crippen MR) is 80.9 cm³/mol. The Kier molecular flexibility index (Phi) is 4.41. The van der Waals surface area contributed by atoms with E-state index >= 15 is 0 Å². The zero-order chi connectivity index (χ0) is 14.2. The maximum absolute atomic E-state index is 10.4. The highest BCUT2D eigenvalue weighted by Gasteiger charge is 2.19. The molecule has 1 aromatic heterocycles. The van der Waals surface area contributed by atoms with E-state index in [1.165, 1.54) is 12.0 Å². The Hall–Kier alpha value is -0.740. The van der Waals surface area contributed by atoms with Crippen molar-refractivity contribution in [3.05, 3.63) is 49.1 Å². The molecule has 0 fully saturated rings. The summed E-state index contributed by atoms with van der Waals surface area (Å²) in [6, 6.07) is 5.24. The van der Waals surface area contributed by atoms with Crippen molar-refractivity contribution >= 4 is 34.5 Å². The van der Waals surface area contributed by atoms with E-state index in [2.05, 4.69) is 0 Å². The van der Waals surface area contributed by atoms with Gasteiger partial charge in [-0.1, -0.05) is 23.2 Å². The Bertz CT molecular complexity index is 588. The Morgan fingerprint density at radius 2 is 1.84 bits per heavy atom. The van der Waals surface area contributed by atoms with E-state index < -0.39 is 6.10 Å². The number of methoxy groups -OCH3 is 1. The molecule has 2 nitrogen and oxygen atoms in total. The summed E-state index contributed by atoms with van der Waals surface area (Å²) in [7, 11) is 1.53. The van der Waals surface area contributed by atoms with Crippen molar-refractivity contribution in [2.24, 2.45) is 0 Å². The Morgan fingerprint density at radius 3 is 2.37 bits per heavy atom. The molecule has 1 heterocycles. The molecule has 1 atom stereocenters. The van der Waals surface area contributed by atoms with Crippen molar-refractivity contribution in [3.8, 4) is 5.75 Å². The zero-order valence-electron chi connectivity index (χ0n) is 10.8. The lowest BCUT2D eigenvalue weighted by molar-refractivity contribution is 0.224. The number of ether oxygens (including phenoxy) is 1. The summed E-state index contributed by atoms with van der Waals surface area (Å²) in [5.74, 6) is 0.501. The molecule has 1 aromatic carbocycles. The van der Waals surface area contributed by atoms with Gasteiger partial charge in [0.15, 0.2) is 0 Å². The summed E-state index contributed by atoms with van der Waals surface area (Å²) in [6.45, 7) is 4.05. The van der Waals surface area contributed by atoms with Gasteiger partial charge in [0.25, 0.3) is 0 Å². The smallest absolute Gasteiger partial charge is 0.138 e. The van der Waals surface area contributed by atoms with Crippen LogP contribution in [-0.4, -0.2) is 12.2 Å². The number of aliphatic hydroxyl groups excluding tert-OH is 1. The fourth-order valence-electron chi connectivity index (χ4n) is 1.80. The lowest BCUT2D eigenvalue weighted by atomic mass is 10.1. The van der Waals surface area contributed by atoms with Crippen LogP contribution in [0.25, 0.3) is 0 Å². The average molecular weight is 317 g/mol. The molecule has 0 aliphatic rings. The topological polar surface area (TPSA) is 29.5 Å². The number of benzene rings is 1. The third kappa shape index (κ3) is 2.90. The highest BCUT2D eigenvalue weighted by Crippen LogP contribution is 2.38. The van der Waals surface area contributed by atoms with Crippen LogP contribution >= 0.6 is 34.5 Å². The molecular weight excluding hydrogens is 303 g/mol. The largest absolute Gasteiger partial charge is 0.495 e. The molecule has 0 aliphatic heterocycles. The SMILES string of the molecule is COc1cc(Cl)c(C(O)c2cc(C)c(C)s2)cc1Cl. The number of halogens is 2. The highest BCUT2D eigenvalue weighted by atomic mass is 35.5. The number of aryl methyl sites for hydroxylation is 2. The van der Waals surface area contributed by atoms with Crippen LogP contribution < -0.4 is 4.74 Å². The molecule has 2 aromatic rings. The first-order chi connectivity index (χ1) is 8.93. The zero-order valence-corrected chi connectivity index (χ0v) is 13.2. The predicted octanol–water partition coefficient (Wildman–Crippen LogP) is 4.76. The second-order valence-corrected chi connectivity index (χ2v) is 6.40. The van der Waals surface area contributed by atoms with E-state index in [9.17, 15) is 5.11 Å². The van der Waals surface area contributed by atoms with Crippen LogP contribution in [0.5, 0.6) is 5.75 Å². The molecule has 0 saturated carbocycles. The van der Waals surface area contributed by atoms with Crippen LogP contribution in [-0.2, 0) is 0 Å². The summed E-state index contributed by atoms with van der Waals surface area (Å²) in [5, 5.41) is 11.3. The molecule has 1 N–H and O–H groups in total. The van der Waals surface area contributed by atoms with Crippen molar-refractivity contribution < 1.29 is 9.84 Å². The number of rotatable bonds is 3. The minimum atomic E-state index is -0.770. The number of aliphatic hydroxyl groups is 1. The Morgan fingerprint density at radius 1 is 1.16 bits per heavy atom. The van der Waals surface area contributed by atoms with E-state index in [1.807, 2.05) is 19.9 Å². The Labute approximate surface area is 126 Å². The van der Waals surface area contributed by atoms with Gasteiger partial charge in [0.1, 0.15) is 11.9 Å². The molecule has 0 radical (unpaired) electrons. The molecule has 5 heteroatoms. The first kappa shape index (κ1) is 14.7. The quantitative estimate of drug-likeness (QED) is 0.884. The number of hydrogen-bond donors (Lipinski definition) is 1. The van der Waals surface area contributed by atoms with E-state index in [4.69, 9.17) is 27.9 Å². The minimum Gasteiger partial charge on any atom is -0.495 e. The normalized spacial score (nSPS) is 12.5. The van der Waals surface area contributed by atoms with Gasteiger partial charge in [0.05, 0.1) is 17.2 Å². The summed E-state index contributed by atoms with van der Waals surface area (Å²) in [5.41, 5.74) is 1.75. The van der Waals surface area contributed by atoms with Gasteiger partial charge in [0.2, 0.25) is 0 Å². The standard InChI is InChI=1S/C14H14Cl2O2S/c1-7-4-13(19-8(7)2)14(17)9-5-11(16)12(18-3)6-10(9)15/h4-6,14,17H,1-3H3. The minimum absolute atomic E-state index is 0.436. The second-order valence-electron chi connectivity index (χ2n) is 4.30. The van der Waals surface area contributed by atoms with Gasteiger partial charge in [-0.2, -0.15) is 0 Å². The van der Waals surface area contributed by atoms with Crippen molar-refractivity contribution in [1.82, 2.24) is 0 Å². The second kappa shape index (κ2) is 5.71. The summed E-state index contributed by atoms with van der Waals surface area (Å²) >= 11 is 13.8. The van der Waals surface area contributed by atoms with Gasteiger partial charge in [-0.05, 0) is 31.5 Å². The fraction of sp³-hybridized carbons (Fsp3) is 0.286. The molecule has 0 saturated heterocycles. The van der Waals surface area contributed by atoms with Gasteiger partial charge >= 0.3 is 0 Å². The van der Waals surface area contributed by atoms with E-state index in [-0.39, 0.29) is 0 Å². The van der Waals surface area contributed by atoms with Gasteiger partial charge in [-0.15, -0.1) is 11.3 Å². The average Bonchev–Trinajstić information content (AvgIpc) is 2.71. The lowest BCUT2D eigenvalue weighted by Crippen LogP contribution is -1.99. The Balaban J connectivity index is 2.44. The van der Waals surface area contributed by atoms with Crippen LogP contribution in [0.2, 0.25) is 10.0 Å². The first-order valence-electron chi connectivity index (χ1n) is 5.72. The van der Waals surface area contributed by atoms with Crippen LogP contribution in [0.1, 0.15) is 27.0 Å². The highest BCUT2D eigenvalue weighted by molar-refractivity contribution is 7.12. The van der Waals surface area contributed by atoms with Crippen molar-refractivity contribution in [2.75, 3.05) is 7.11 Å². The van der Waals surface area contributed by atoms with Crippen LogP contribution in [0.4, 0.5) is 0 Å². The monoisotopic (exact) mass is 316 g/mol. The number of hydrogen-bond acceptors (Lipinski definition) is 3. The number of thiophene rings is 1. The van der Waals surface area contributed by atoms with E-state index in [1.54, 1.807) is 23.5 Å². The summed E-state index contributed by atoms with van der Waals surface area (Å²) < 4.78 is 5.09. The fourth-order valence-corrected chi connectivity index (χ4v) is 3.35. The first-order valence-corrected chi connectivity index (χ1v) is 7.29. The molecular formula is C14H14Cl2O2S. The molecule has 2 rings (SSSR count).